The van der Waals surface area contributed by atoms with E-state index in [0.29, 0.717) is 18.0 Å². The third-order valence-electron chi connectivity index (χ3n) is 6.77. The minimum absolute atomic E-state index is 0.0103. The number of fused-ring (bicyclic) bond motifs is 1. The first-order valence-electron chi connectivity index (χ1n) is 11.2. The van der Waals surface area contributed by atoms with Crippen LogP contribution in [0.1, 0.15) is 69.2 Å². The van der Waals surface area contributed by atoms with E-state index in [1.54, 1.807) is 6.20 Å². The van der Waals surface area contributed by atoms with Gasteiger partial charge >= 0.3 is 0 Å². The van der Waals surface area contributed by atoms with Crippen molar-refractivity contribution in [2.24, 2.45) is 5.92 Å². The first-order valence-corrected chi connectivity index (χ1v) is 11.2. The topological polar surface area (TPSA) is 83.3 Å². The minimum atomic E-state index is -0.0971. The molecule has 2 aromatic rings. The van der Waals surface area contributed by atoms with Gasteiger partial charge in [0.05, 0.1) is 35.5 Å². The van der Waals surface area contributed by atoms with Crippen LogP contribution in [0.4, 0.5) is 5.69 Å². The second-order valence-corrected chi connectivity index (χ2v) is 8.55. The molecule has 0 spiro atoms. The van der Waals surface area contributed by atoms with E-state index < -0.39 is 0 Å². The van der Waals surface area contributed by atoms with Gasteiger partial charge in [0.15, 0.2) is 5.65 Å². The van der Waals surface area contributed by atoms with Gasteiger partial charge < -0.3 is 15.3 Å². The molecule has 3 heterocycles. The van der Waals surface area contributed by atoms with Crippen LogP contribution in [-0.4, -0.2) is 55.9 Å². The quantitative estimate of drug-likeness (QED) is 0.778. The van der Waals surface area contributed by atoms with Crippen LogP contribution in [0.3, 0.4) is 0 Å². The summed E-state index contributed by atoms with van der Waals surface area (Å²) in [6.07, 6.45) is 11.7. The highest BCUT2D eigenvalue weighted by Gasteiger charge is 2.32. The Morgan fingerprint density at radius 3 is 2.76 bits per heavy atom. The predicted molar refractivity (Wildman–Crippen MR) is 114 cm³/mol. The molecule has 2 unspecified atom stereocenters. The van der Waals surface area contributed by atoms with Gasteiger partial charge in [-0.25, -0.2) is 9.67 Å². The molecule has 7 heteroatoms. The number of carbonyl (C=O) groups is 1. The molecule has 4 rings (SSSR count). The lowest BCUT2D eigenvalue weighted by Gasteiger charge is -2.30. The van der Waals surface area contributed by atoms with Crippen molar-refractivity contribution in [1.29, 1.82) is 0 Å². The van der Waals surface area contributed by atoms with Gasteiger partial charge in [-0.05, 0) is 45.4 Å². The maximum atomic E-state index is 13.4. The van der Waals surface area contributed by atoms with Crippen molar-refractivity contribution in [3.63, 3.8) is 0 Å². The molecule has 1 amide bonds. The molecule has 2 aromatic heterocycles. The Bertz CT molecular complexity index is 858. The lowest BCUT2D eigenvalue weighted by molar-refractivity contribution is 0.0678. The lowest BCUT2D eigenvalue weighted by Crippen LogP contribution is -2.38. The average Bonchev–Trinajstić information content (AvgIpc) is 3.40. The summed E-state index contributed by atoms with van der Waals surface area (Å²) in [6, 6.07) is 0.185. The van der Waals surface area contributed by atoms with Crippen molar-refractivity contribution in [3.05, 3.63) is 18.0 Å². The number of pyridine rings is 1. The molecule has 1 aliphatic carbocycles. The standard InChI is InChI=1S/C22H33N5O2/c1-3-27-21-18(13-24-27)20(25-15(2)16-8-5-4-6-9-16)19(12-23-21)22(29)26-11-7-10-17(26)14-28/h12-13,15-17,28H,3-11,14H2,1-2H3,(H,23,25). The number of rotatable bonds is 6. The largest absolute Gasteiger partial charge is 0.394 e. The fourth-order valence-electron chi connectivity index (χ4n) is 5.00. The Kier molecular flexibility index (Phi) is 6.04. The Labute approximate surface area is 172 Å². The molecular weight excluding hydrogens is 366 g/mol. The SMILES string of the molecule is CCn1ncc2c(NC(C)C3CCCCC3)c(C(=O)N3CCCC3CO)cnc21. The molecule has 0 radical (unpaired) electrons. The van der Waals surface area contributed by atoms with Crippen LogP contribution in [0.5, 0.6) is 0 Å². The zero-order chi connectivity index (χ0) is 20.4. The number of hydrogen-bond donors (Lipinski definition) is 2. The Hall–Kier alpha value is -2.15. The van der Waals surface area contributed by atoms with E-state index in [9.17, 15) is 9.90 Å². The van der Waals surface area contributed by atoms with Gasteiger partial charge in [0.2, 0.25) is 0 Å². The van der Waals surface area contributed by atoms with Gasteiger partial charge in [0, 0.05) is 25.3 Å². The van der Waals surface area contributed by atoms with E-state index in [2.05, 4.69) is 22.3 Å². The summed E-state index contributed by atoms with van der Waals surface area (Å²) in [5.41, 5.74) is 2.25. The highest BCUT2D eigenvalue weighted by molar-refractivity contribution is 6.06. The van der Waals surface area contributed by atoms with Crippen LogP contribution in [-0.2, 0) is 6.54 Å². The number of aryl methyl sites for hydroxylation is 1. The Morgan fingerprint density at radius 1 is 1.24 bits per heavy atom. The number of aliphatic hydroxyl groups is 1. The van der Waals surface area contributed by atoms with E-state index in [4.69, 9.17) is 0 Å². The van der Waals surface area contributed by atoms with Crippen molar-refractivity contribution in [2.75, 3.05) is 18.5 Å². The van der Waals surface area contributed by atoms with Crippen molar-refractivity contribution in [3.8, 4) is 0 Å². The summed E-state index contributed by atoms with van der Waals surface area (Å²) >= 11 is 0. The molecule has 29 heavy (non-hydrogen) atoms. The molecule has 0 bridgehead atoms. The summed E-state index contributed by atoms with van der Waals surface area (Å²) in [6.45, 7) is 5.71. The van der Waals surface area contributed by atoms with Crippen LogP contribution >= 0.6 is 0 Å². The molecular formula is C22H33N5O2. The number of anilines is 1. The second-order valence-electron chi connectivity index (χ2n) is 8.55. The summed E-state index contributed by atoms with van der Waals surface area (Å²) < 4.78 is 1.87. The highest BCUT2D eigenvalue weighted by Crippen LogP contribution is 2.33. The van der Waals surface area contributed by atoms with Gasteiger partial charge in [-0.3, -0.25) is 4.79 Å². The third-order valence-corrected chi connectivity index (χ3v) is 6.77. The third kappa shape index (κ3) is 3.84. The van der Waals surface area contributed by atoms with Crippen LogP contribution in [0.15, 0.2) is 12.4 Å². The summed E-state index contributed by atoms with van der Waals surface area (Å²) in [5.74, 6) is 0.576. The van der Waals surface area contributed by atoms with Gasteiger partial charge in [0.25, 0.3) is 5.91 Å². The van der Waals surface area contributed by atoms with E-state index >= 15 is 0 Å². The molecule has 2 atom stereocenters. The molecule has 7 nitrogen and oxygen atoms in total. The molecule has 1 aliphatic heterocycles. The normalized spacial score (nSPS) is 21.6. The van der Waals surface area contributed by atoms with Crippen molar-refractivity contribution in [2.45, 2.75) is 77.4 Å². The molecule has 2 fully saturated rings. The van der Waals surface area contributed by atoms with Gasteiger partial charge in [-0.2, -0.15) is 5.10 Å². The Balaban J connectivity index is 1.71. The molecule has 1 saturated carbocycles. The van der Waals surface area contributed by atoms with Gasteiger partial charge in [-0.15, -0.1) is 0 Å². The molecule has 2 aliphatic rings. The number of carbonyl (C=O) groups excluding carboxylic acids is 1. The molecule has 1 saturated heterocycles. The molecule has 2 N–H and O–H groups in total. The van der Waals surface area contributed by atoms with Crippen LogP contribution in [0.2, 0.25) is 0 Å². The van der Waals surface area contributed by atoms with Crippen LogP contribution in [0.25, 0.3) is 11.0 Å². The Morgan fingerprint density at radius 2 is 2.03 bits per heavy atom. The number of likely N-dealkylation sites (tertiary alicyclic amines) is 1. The van der Waals surface area contributed by atoms with E-state index in [0.717, 1.165) is 36.1 Å². The van der Waals surface area contributed by atoms with Crippen LogP contribution < -0.4 is 5.32 Å². The number of amides is 1. The predicted octanol–water partition coefficient (Wildman–Crippen LogP) is 3.43. The second kappa shape index (κ2) is 8.69. The fourth-order valence-corrected chi connectivity index (χ4v) is 5.00. The smallest absolute Gasteiger partial charge is 0.257 e. The number of aromatic nitrogens is 3. The number of nitrogens with zero attached hydrogens (tertiary/aromatic N) is 4. The minimum Gasteiger partial charge on any atom is -0.394 e. The zero-order valence-corrected chi connectivity index (χ0v) is 17.6. The first-order chi connectivity index (χ1) is 14.1. The number of aliphatic hydroxyl groups excluding tert-OH is 1. The highest BCUT2D eigenvalue weighted by atomic mass is 16.3. The van der Waals surface area contributed by atoms with Gasteiger partial charge in [-0.1, -0.05) is 19.3 Å². The van der Waals surface area contributed by atoms with Crippen molar-refractivity contribution < 1.29 is 9.90 Å². The average molecular weight is 400 g/mol. The monoisotopic (exact) mass is 399 g/mol. The fraction of sp³-hybridized carbons (Fsp3) is 0.682. The maximum Gasteiger partial charge on any atom is 0.257 e. The summed E-state index contributed by atoms with van der Waals surface area (Å²) in [7, 11) is 0. The van der Waals surface area contributed by atoms with E-state index in [-0.39, 0.29) is 24.6 Å². The zero-order valence-electron chi connectivity index (χ0n) is 17.6. The van der Waals surface area contributed by atoms with E-state index in [1.165, 1.54) is 32.1 Å². The number of nitrogens with one attached hydrogen (secondary N) is 1. The van der Waals surface area contributed by atoms with Crippen molar-refractivity contribution >= 4 is 22.6 Å². The summed E-state index contributed by atoms with van der Waals surface area (Å²) in [4.78, 5) is 19.8. The maximum absolute atomic E-state index is 13.4. The van der Waals surface area contributed by atoms with Crippen LogP contribution in [0, 0.1) is 5.92 Å². The van der Waals surface area contributed by atoms with E-state index in [1.807, 2.05) is 22.7 Å². The van der Waals surface area contributed by atoms with Gasteiger partial charge in [0.1, 0.15) is 0 Å². The first kappa shape index (κ1) is 20.1. The number of hydrogen-bond acceptors (Lipinski definition) is 5. The molecule has 0 aromatic carbocycles. The molecule has 158 valence electrons. The summed E-state index contributed by atoms with van der Waals surface area (Å²) in [5, 5.41) is 18.8. The lowest BCUT2D eigenvalue weighted by atomic mass is 9.84. The van der Waals surface area contributed by atoms with Crippen molar-refractivity contribution in [1.82, 2.24) is 19.7 Å².